The Hall–Kier alpha value is -2.48. The number of aliphatic hydroxyl groups excluding tert-OH is 1. The van der Waals surface area contributed by atoms with Gasteiger partial charge in [-0.25, -0.2) is 13.9 Å². The Morgan fingerprint density at radius 1 is 1.48 bits per heavy atom. The highest BCUT2D eigenvalue weighted by molar-refractivity contribution is 5.75. The molecule has 21 heavy (non-hydrogen) atoms. The third kappa shape index (κ3) is 3.54. The second-order valence-corrected chi connectivity index (χ2v) is 4.52. The largest absolute Gasteiger partial charge is 0.386 e. The molecule has 2 N–H and O–H groups in total. The third-order valence-corrected chi connectivity index (χ3v) is 2.94. The molecule has 0 bridgehead atoms. The first-order valence-corrected chi connectivity index (χ1v) is 6.26. The Labute approximate surface area is 119 Å². The van der Waals surface area contributed by atoms with E-state index in [0.717, 1.165) is 4.68 Å². The molecule has 0 unspecified atom stereocenters. The number of amides is 1. The SMILES string of the molecule is Cn1cnn(CC(=O)NC[C@H](O)c2ccccc2F)c1=O. The molecule has 0 aliphatic rings. The van der Waals surface area contributed by atoms with Gasteiger partial charge in [0.2, 0.25) is 5.91 Å². The number of aliphatic hydroxyl groups is 1. The Morgan fingerprint density at radius 3 is 2.81 bits per heavy atom. The lowest BCUT2D eigenvalue weighted by molar-refractivity contribution is -0.122. The number of benzene rings is 1. The van der Waals surface area contributed by atoms with Gasteiger partial charge < -0.3 is 10.4 Å². The maximum absolute atomic E-state index is 13.4. The fraction of sp³-hybridized carbons (Fsp3) is 0.308. The summed E-state index contributed by atoms with van der Waals surface area (Å²) in [5, 5.41) is 16.0. The van der Waals surface area contributed by atoms with Crippen LogP contribution in [-0.2, 0) is 18.4 Å². The molecule has 1 amide bonds. The molecule has 0 fully saturated rings. The molecular formula is C13H15FN4O3. The van der Waals surface area contributed by atoms with Gasteiger partial charge in [0.25, 0.3) is 0 Å². The second kappa shape index (κ2) is 6.31. The van der Waals surface area contributed by atoms with Gasteiger partial charge in [-0.1, -0.05) is 18.2 Å². The van der Waals surface area contributed by atoms with Crippen molar-refractivity contribution < 1.29 is 14.3 Å². The van der Waals surface area contributed by atoms with E-state index in [1.807, 2.05) is 0 Å². The van der Waals surface area contributed by atoms with E-state index in [0.29, 0.717) is 0 Å². The van der Waals surface area contributed by atoms with E-state index in [2.05, 4.69) is 10.4 Å². The highest BCUT2D eigenvalue weighted by atomic mass is 19.1. The predicted molar refractivity (Wildman–Crippen MR) is 71.8 cm³/mol. The average Bonchev–Trinajstić information content (AvgIpc) is 2.77. The van der Waals surface area contributed by atoms with E-state index in [-0.39, 0.29) is 18.7 Å². The molecule has 0 radical (unpaired) electrons. The number of hydrogen-bond acceptors (Lipinski definition) is 4. The van der Waals surface area contributed by atoms with Gasteiger partial charge in [-0.3, -0.25) is 9.36 Å². The zero-order valence-electron chi connectivity index (χ0n) is 11.4. The van der Waals surface area contributed by atoms with Crippen molar-refractivity contribution in [2.75, 3.05) is 6.54 Å². The fourth-order valence-corrected chi connectivity index (χ4v) is 1.79. The summed E-state index contributed by atoms with van der Waals surface area (Å²) in [6, 6.07) is 5.78. The molecule has 1 heterocycles. The molecule has 1 atom stereocenters. The van der Waals surface area contributed by atoms with Crippen LogP contribution in [0.2, 0.25) is 0 Å². The molecule has 7 nitrogen and oxygen atoms in total. The minimum atomic E-state index is -1.16. The summed E-state index contributed by atoms with van der Waals surface area (Å²) in [5.74, 6) is -1.04. The van der Waals surface area contributed by atoms with Gasteiger partial charge in [0.1, 0.15) is 18.7 Å². The molecule has 112 valence electrons. The third-order valence-electron chi connectivity index (χ3n) is 2.94. The number of carbonyl (C=O) groups is 1. The van der Waals surface area contributed by atoms with Crippen LogP contribution in [0.5, 0.6) is 0 Å². The summed E-state index contributed by atoms with van der Waals surface area (Å²) in [6.45, 7) is -0.412. The van der Waals surface area contributed by atoms with E-state index in [9.17, 15) is 19.1 Å². The Kier molecular flexibility index (Phi) is 4.49. The average molecular weight is 294 g/mol. The van der Waals surface area contributed by atoms with Gasteiger partial charge in [0.15, 0.2) is 0 Å². The van der Waals surface area contributed by atoms with Crippen molar-refractivity contribution in [3.63, 3.8) is 0 Å². The molecule has 0 saturated heterocycles. The number of halogens is 1. The quantitative estimate of drug-likeness (QED) is 0.783. The van der Waals surface area contributed by atoms with Gasteiger partial charge in [-0.15, -0.1) is 0 Å². The number of rotatable bonds is 5. The summed E-state index contributed by atoms with van der Waals surface area (Å²) in [6.07, 6.45) is 0.139. The first kappa shape index (κ1) is 14.9. The van der Waals surface area contributed by atoms with Crippen LogP contribution in [0, 0.1) is 5.82 Å². The molecule has 0 spiro atoms. The first-order chi connectivity index (χ1) is 9.99. The smallest absolute Gasteiger partial charge is 0.345 e. The van der Waals surface area contributed by atoms with Crippen molar-refractivity contribution in [2.45, 2.75) is 12.6 Å². The Balaban J connectivity index is 1.91. The summed E-state index contributed by atoms with van der Waals surface area (Å²) in [5.41, 5.74) is -0.312. The van der Waals surface area contributed by atoms with Crippen LogP contribution in [0.1, 0.15) is 11.7 Å². The number of aromatic nitrogens is 3. The van der Waals surface area contributed by atoms with E-state index < -0.39 is 23.5 Å². The lowest BCUT2D eigenvalue weighted by Crippen LogP contribution is -2.35. The van der Waals surface area contributed by atoms with Gasteiger partial charge in [0.05, 0.1) is 6.10 Å². The van der Waals surface area contributed by atoms with E-state index in [4.69, 9.17) is 0 Å². The van der Waals surface area contributed by atoms with Gasteiger partial charge in [-0.2, -0.15) is 5.10 Å². The highest BCUT2D eigenvalue weighted by Crippen LogP contribution is 2.15. The summed E-state index contributed by atoms with van der Waals surface area (Å²) >= 11 is 0. The minimum absolute atomic E-state index is 0.104. The van der Waals surface area contributed by atoms with E-state index in [1.54, 1.807) is 6.07 Å². The van der Waals surface area contributed by atoms with Crippen molar-refractivity contribution in [2.24, 2.45) is 7.05 Å². The van der Waals surface area contributed by atoms with Crippen molar-refractivity contribution in [1.82, 2.24) is 19.7 Å². The van der Waals surface area contributed by atoms with Crippen LogP contribution in [0.3, 0.4) is 0 Å². The van der Waals surface area contributed by atoms with Crippen LogP contribution in [0.25, 0.3) is 0 Å². The first-order valence-electron chi connectivity index (χ1n) is 6.26. The monoisotopic (exact) mass is 294 g/mol. The topological polar surface area (TPSA) is 89.2 Å². The van der Waals surface area contributed by atoms with E-state index >= 15 is 0 Å². The molecule has 0 saturated carbocycles. The minimum Gasteiger partial charge on any atom is -0.386 e. The molecule has 0 aliphatic heterocycles. The van der Waals surface area contributed by atoms with Crippen molar-refractivity contribution in [3.8, 4) is 0 Å². The number of nitrogens with zero attached hydrogens (tertiary/aromatic N) is 3. The van der Waals surface area contributed by atoms with Crippen LogP contribution in [0.15, 0.2) is 35.4 Å². The number of nitrogens with one attached hydrogen (secondary N) is 1. The molecule has 8 heteroatoms. The highest BCUT2D eigenvalue weighted by Gasteiger charge is 2.14. The van der Waals surface area contributed by atoms with Crippen molar-refractivity contribution in [3.05, 3.63) is 52.5 Å². The lowest BCUT2D eigenvalue weighted by atomic mass is 10.1. The Bertz CT molecular complexity index is 695. The number of carbonyl (C=O) groups excluding carboxylic acids is 1. The van der Waals surface area contributed by atoms with E-state index in [1.165, 1.54) is 36.1 Å². The van der Waals surface area contributed by atoms with Crippen LogP contribution >= 0.6 is 0 Å². The van der Waals surface area contributed by atoms with Crippen LogP contribution < -0.4 is 11.0 Å². The normalized spacial score (nSPS) is 12.1. The van der Waals surface area contributed by atoms with Crippen LogP contribution in [-0.4, -0.2) is 31.9 Å². The standard InChI is InChI=1S/C13H15FN4O3/c1-17-8-16-18(13(17)21)7-12(20)15-6-11(19)9-4-2-3-5-10(9)14/h2-5,8,11,19H,6-7H2,1H3,(H,15,20)/t11-/m0/s1. The van der Waals surface area contributed by atoms with Crippen molar-refractivity contribution in [1.29, 1.82) is 0 Å². The van der Waals surface area contributed by atoms with Gasteiger partial charge >= 0.3 is 5.69 Å². The molecule has 2 rings (SSSR count). The maximum Gasteiger partial charge on any atom is 0.345 e. The van der Waals surface area contributed by atoms with Crippen LogP contribution in [0.4, 0.5) is 4.39 Å². The lowest BCUT2D eigenvalue weighted by Gasteiger charge is -2.12. The molecule has 2 aromatic rings. The zero-order valence-corrected chi connectivity index (χ0v) is 11.4. The van der Waals surface area contributed by atoms with Crippen molar-refractivity contribution >= 4 is 5.91 Å². The number of aryl methyl sites for hydroxylation is 1. The second-order valence-electron chi connectivity index (χ2n) is 4.52. The van der Waals surface area contributed by atoms with Gasteiger partial charge in [0, 0.05) is 19.2 Å². The molecule has 1 aromatic heterocycles. The molecular weight excluding hydrogens is 279 g/mol. The maximum atomic E-state index is 13.4. The Morgan fingerprint density at radius 2 is 2.19 bits per heavy atom. The number of hydrogen-bond donors (Lipinski definition) is 2. The fourth-order valence-electron chi connectivity index (χ4n) is 1.79. The summed E-state index contributed by atoms with van der Waals surface area (Å²) in [7, 11) is 1.52. The summed E-state index contributed by atoms with van der Waals surface area (Å²) in [4.78, 5) is 23.2. The molecule has 1 aromatic carbocycles. The molecule has 0 aliphatic carbocycles. The zero-order chi connectivity index (χ0) is 15.4. The summed E-state index contributed by atoms with van der Waals surface area (Å²) < 4.78 is 15.7. The van der Waals surface area contributed by atoms with Gasteiger partial charge in [-0.05, 0) is 6.07 Å². The predicted octanol–water partition coefficient (Wildman–Crippen LogP) is -0.429.